The molecule has 0 atom stereocenters. The highest BCUT2D eigenvalue weighted by Gasteiger charge is 2.31. The zero-order chi connectivity index (χ0) is 18.6. The van der Waals surface area contributed by atoms with Gasteiger partial charge in [0.05, 0.1) is 6.10 Å². The lowest BCUT2D eigenvalue weighted by Gasteiger charge is -2.31. The SMILES string of the molecule is O=C(c1ccc(OC2CCCC2)cc1)N1CCCN(C(=O)C2CCC2)CC1. The first-order valence-electron chi connectivity index (χ1n) is 10.6. The topological polar surface area (TPSA) is 49.9 Å². The van der Waals surface area contributed by atoms with Crippen LogP contribution in [0.5, 0.6) is 5.75 Å². The number of hydrogen-bond donors (Lipinski definition) is 0. The van der Waals surface area contributed by atoms with Gasteiger partial charge in [-0.25, -0.2) is 0 Å². The smallest absolute Gasteiger partial charge is 0.253 e. The van der Waals surface area contributed by atoms with Crippen molar-refractivity contribution >= 4 is 11.8 Å². The fraction of sp³-hybridized carbons (Fsp3) is 0.636. The van der Waals surface area contributed by atoms with E-state index in [0.29, 0.717) is 37.2 Å². The van der Waals surface area contributed by atoms with Crippen molar-refractivity contribution in [1.29, 1.82) is 0 Å². The summed E-state index contributed by atoms with van der Waals surface area (Å²) in [7, 11) is 0. The van der Waals surface area contributed by atoms with Crippen LogP contribution in [0.15, 0.2) is 24.3 Å². The van der Waals surface area contributed by atoms with E-state index in [1.54, 1.807) is 0 Å². The second-order valence-corrected chi connectivity index (χ2v) is 8.15. The molecule has 0 bridgehead atoms. The Bertz CT molecular complexity index is 663. The van der Waals surface area contributed by atoms with E-state index in [9.17, 15) is 9.59 Å². The summed E-state index contributed by atoms with van der Waals surface area (Å²) in [6.45, 7) is 2.77. The number of rotatable bonds is 4. The maximum atomic E-state index is 12.9. The monoisotopic (exact) mass is 370 g/mol. The molecule has 2 aliphatic carbocycles. The van der Waals surface area contributed by atoms with Crippen molar-refractivity contribution in [3.05, 3.63) is 29.8 Å². The molecule has 0 radical (unpaired) electrons. The molecule has 4 rings (SSSR count). The summed E-state index contributed by atoms with van der Waals surface area (Å²) in [5.74, 6) is 1.44. The summed E-state index contributed by atoms with van der Waals surface area (Å²) in [4.78, 5) is 29.2. The largest absolute Gasteiger partial charge is 0.490 e. The van der Waals surface area contributed by atoms with Crippen molar-refractivity contribution in [2.24, 2.45) is 5.92 Å². The van der Waals surface area contributed by atoms with Crippen LogP contribution in [0.1, 0.15) is 61.7 Å². The molecule has 1 heterocycles. The van der Waals surface area contributed by atoms with Gasteiger partial charge in [-0.2, -0.15) is 0 Å². The lowest BCUT2D eigenvalue weighted by Crippen LogP contribution is -2.41. The molecule has 0 N–H and O–H groups in total. The molecule has 5 heteroatoms. The molecule has 5 nitrogen and oxygen atoms in total. The summed E-state index contributed by atoms with van der Waals surface area (Å²) in [5.41, 5.74) is 0.701. The highest BCUT2D eigenvalue weighted by atomic mass is 16.5. The van der Waals surface area contributed by atoms with Gasteiger partial charge < -0.3 is 14.5 Å². The minimum atomic E-state index is 0.0559. The Morgan fingerprint density at radius 1 is 0.778 bits per heavy atom. The van der Waals surface area contributed by atoms with Gasteiger partial charge in [0, 0.05) is 37.7 Å². The third kappa shape index (κ3) is 4.28. The lowest BCUT2D eigenvalue weighted by molar-refractivity contribution is -0.138. The average molecular weight is 370 g/mol. The van der Waals surface area contributed by atoms with E-state index >= 15 is 0 Å². The van der Waals surface area contributed by atoms with Gasteiger partial charge in [0.2, 0.25) is 5.91 Å². The van der Waals surface area contributed by atoms with E-state index in [1.807, 2.05) is 34.1 Å². The molecule has 1 aromatic carbocycles. The van der Waals surface area contributed by atoms with Gasteiger partial charge in [0.25, 0.3) is 5.91 Å². The number of hydrogen-bond acceptors (Lipinski definition) is 3. The highest BCUT2D eigenvalue weighted by molar-refractivity contribution is 5.94. The normalized spacial score (nSPS) is 21.6. The Kier molecular flexibility index (Phi) is 5.65. The molecule has 1 aromatic rings. The first-order chi connectivity index (χ1) is 13.2. The Morgan fingerprint density at radius 3 is 2.11 bits per heavy atom. The molecule has 0 aromatic heterocycles. The second kappa shape index (κ2) is 8.32. The maximum absolute atomic E-state index is 12.9. The molecular formula is C22H30N2O3. The molecule has 2 amide bonds. The highest BCUT2D eigenvalue weighted by Crippen LogP contribution is 2.29. The van der Waals surface area contributed by atoms with E-state index in [-0.39, 0.29) is 11.8 Å². The van der Waals surface area contributed by atoms with Gasteiger partial charge >= 0.3 is 0 Å². The van der Waals surface area contributed by atoms with Crippen LogP contribution in [0, 0.1) is 5.92 Å². The third-order valence-electron chi connectivity index (χ3n) is 6.26. The average Bonchev–Trinajstić information content (AvgIpc) is 3.01. The minimum absolute atomic E-state index is 0.0559. The third-order valence-corrected chi connectivity index (χ3v) is 6.26. The van der Waals surface area contributed by atoms with Crippen molar-refractivity contribution < 1.29 is 14.3 Å². The fourth-order valence-corrected chi connectivity index (χ4v) is 4.31. The standard InChI is InChI=1S/C22H30N2O3/c25-21(17-5-3-6-17)23-13-4-14-24(16-15-23)22(26)18-9-11-20(12-10-18)27-19-7-1-2-8-19/h9-12,17,19H,1-8,13-16H2. The van der Waals surface area contributed by atoms with E-state index in [4.69, 9.17) is 4.74 Å². The van der Waals surface area contributed by atoms with E-state index in [2.05, 4.69) is 0 Å². The molecule has 0 unspecified atom stereocenters. The number of nitrogens with zero attached hydrogens (tertiary/aromatic N) is 2. The van der Waals surface area contributed by atoms with Gasteiger partial charge in [-0.05, 0) is 69.2 Å². The summed E-state index contributed by atoms with van der Waals surface area (Å²) in [6.07, 6.45) is 9.18. The van der Waals surface area contributed by atoms with Gasteiger partial charge in [-0.15, -0.1) is 0 Å². The molecule has 1 saturated heterocycles. The van der Waals surface area contributed by atoms with Crippen molar-refractivity contribution in [2.75, 3.05) is 26.2 Å². The zero-order valence-electron chi connectivity index (χ0n) is 16.1. The predicted molar refractivity (Wildman–Crippen MR) is 104 cm³/mol. The van der Waals surface area contributed by atoms with Crippen LogP contribution in [0.4, 0.5) is 0 Å². The maximum Gasteiger partial charge on any atom is 0.253 e. The first-order valence-corrected chi connectivity index (χ1v) is 10.6. The van der Waals surface area contributed by atoms with Crippen molar-refractivity contribution in [1.82, 2.24) is 9.80 Å². The molecule has 27 heavy (non-hydrogen) atoms. The van der Waals surface area contributed by atoms with Gasteiger partial charge in [0.15, 0.2) is 0 Å². The Labute approximate surface area is 161 Å². The number of carbonyl (C=O) groups excluding carboxylic acids is 2. The Balaban J connectivity index is 1.32. The molecular weight excluding hydrogens is 340 g/mol. The number of benzene rings is 1. The van der Waals surface area contributed by atoms with Gasteiger partial charge in [0.1, 0.15) is 5.75 Å². The molecule has 3 fully saturated rings. The van der Waals surface area contributed by atoms with E-state index in [0.717, 1.165) is 44.4 Å². The molecule has 3 aliphatic rings. The predicted octanol–water partition coefficient (Wildman–Crippen LogP) is 3.48. The summed E-state index contributed by atoms with van der Waals surface area (Å²) >= 11 is 0. The van der Waals surface area contributed by atoms with Gasteiger partial charge in [-0.1, -0.05) is 6.42 Å². The first kappa shape index (κ1) is 18.3. The molecule has 0 spiro atoms. The summed E-state index contributed by atoms with van der Waals surface area (Å²) < 4.78 is 5.99. The van der Waals surface area contributed by atoms with Crippen molar-refractivity contribution in [3.8, 4) is 5.75 Å². The van der Waals surface area contributed by atoms with Crippen molar-refractivity contribution in [3.63, 3.8) is 0 Å². The minimum Gasteiger partial charge on any atom is -0.490 e. The van der Waals surface area contributed by atoms with E-state index < -0.39 is 0 Å². The van der Waals surface area contributed by atoms with Crippen LogP contribution >= 0.6 is 0 Å². The fourth-order valence-electron chi connectivity index (χ4n) is 4.31. The second-order valence-electron chi connectivity index (χ2n) is 8.15. The van der Waals surface area contributed by atoms with E-state index in [1.165, 1.54) is 19.3 Å². The van der Waals surface area contributed by atoms with Crippen LogP contribution in [0.2, 0.25) is 0 Å². The number of amides is 2. The Hall–Kier alpha value is -2.04. The van der Waals surface area contributed by atoms with Crippen LogP contribution in [-0.4, -0.2) is 53.9 Å². The summed E-state index contributed by atoms with van der Waals surface area (Å²) in [6, 6.07) is 7.56. The molecule has 2 saturated carbocycles. The number of carbonyl (C=O) groups is 2. The zero-order valence-corrected chi connectivity index (χ0v) is 16.1. The van der Waals surface area contributed by atoms with Crippen LogP contribution in [-0.2, 0) is 4.79 Å². The lowest BCUT2D eigenvalue weighted by atomic mass is 9.84. The van der Waals surface area contributed by atoms with Crippen LogP contribution in [0.3, 0.4) is 0 Å². The van der Waals surface area contributed by atoms with Gasteiger partial charge in [-0.3, -0.25) is 9.59 Å². The number of ether oxygens (including phenoxy) is 1. The molecule has 1 aliphatic heterocycles. The van der Waals surface area contributed by atoms with Crippen LogP contribution in [0.25, 0.3) is 0 Å². The molecule has 146 valence electrons. The quantitative estimate of drug-likeness (QED) is 0.815. The van der Waals surface area contributed by atoms with Crippen LogP contribution < -0.4 is 4.74 Å². The summed E-state index contributed by atoms with van der Waals surface area (Å²) in [5, 5.41) is 0. The Morgan fingerprint density at radius 2 is 1.44 bits per heavy atom. The van der Waals surface area contributed by atoms with Crippen molar-refractivity contribution in [2.45, 2.75) is 57.5 Å².